The normalized spacial score (nSPS) is 14.5. The molecule has 0 heterocycles. The molecule has 0 aromatic heterocycles. The molecule has 0 aliphatic heterocycles. The number of carbonyl (C=O) groups is 1. The quantitative estimate of drug-likeness (QED) is 0.785. The second-order valence-electron chi connectivity index (χ2n) is 5.43. The summed E-state index contributed by atoms with van der Waals surface area (Å²) in [5.74, 6) is 0.363. The van der Waals surface area contributed by atoms with E-state index in [2.05, 4.69) is 55.5 Å². The SMILES string of the molecule is CC(=O)OCC(C)C1c2ccccc2-c2ccccc21. The van der Waals surface area contributed by atoms with Crippen LogP contribution in [0.1, 0.15) is 30.9 Å². The van der Waals surface area contributed by atoms with E-state index in [0.717, 1.165) is 0 Å². The van der Waals surface area contributed by atoms with E-state index < -0.39 is 0 Å². The summed E-state index contributed by atoms with van der Waals surface area (Å²) < 4.78 is 5.21. The first kappa shape index (κ1) is 12.9. The molecule has 0 N–H and O–H groups in total. The molecule has 2 aromatic carbocycles. The molecule has 0 spiro atoms. The molecule has 2 aromatic rings. The van der Waals surface area contributed by atoms with Crippen LogP contribution < -0.4 is 0 Å². The molecule has 0 radical (unpaired) electrons. The van der Waals surface area contributed by atoms with Crippen LogP contribution in [-0.2, 0) is 9.53 Å². The van der Waals surface area contributed by atoms with Crippen LogP contribution in [0.25, 0.3) is 11.1 Å². The van der Waals surface area contributed by atoms with Gasteiger partial charge in [-0.15, -0.1) is 0 Å². The van der Waals surface area contributed by atoms with Crippen LogP contribution in [0.4, 0.5) is 0 Å². The molecule has 20 heavy (non-hydrogen) atoms. The molecule has 1 unspecified atom stereocenters. The van der Waals surface area contributed by atoms with Crippen molar-refractivity contribution in [2.75, 3.05) is 6.61 Å². The number of benzene rings is 2. The zero-order valence-corrected chi connectivity index (χ0v) is 11.8. The molecule has 0 saturated carbocycles. The fraction of sp³-hybridized carbons (Fsp3) is 0.278. The lowest BCUT2D eigenvalue weighted by Gasteiger charge is -2.21. The molecule has 0 amide bonds. The van der Waals surface area contributed by atoms with E-state index in [9.17, 15) is 4.79 Å². The molecule has 2 nitrogen and oxygen atoms in total. The molecule has 2 heteroatoms. The lowest BCUT2D eigenvalue weighted by Crippen LogP contribution is -2.16. The number of hydrogen-bond acceptors (Lipinski definition) is 2. The fourth-order valence-corrected chi connectivity index (χ4v) is 3.15. The van der Waals surface area contributed by atoms with Crippen molar-refractivity contribution < 1.29 is 9.53 Å². The molecule has 3 rings (SSSR count). The first-order valence-electron chi connectivity index (χ1n) is 7.00. The van der Waals surface area contributed by atoms with Crippen molar-refractivity contribution in [1.82, 2.24) is 0 Å². The number of esters is 1. The summed E-state index contributed by atoms with van der Waals surface area (Å²) in [6, 6.07) is 17.0. The second-order valence-corrected chi connectivity index (χ2v) is 5.43. The Labute approximate surface area is 119 Å². The van der Waals surface area contributed by atoms with Gasteiger partial charge < -0.3 is 4.74 Å². The monoisotopic (exact) mass is 266 g/mol. The summed E-state index contributed by atoms with van der Waals surface area (Å²) in [5.41, 5.74) is 5.30. The van der Waals surface area contributed by atoms with Gasteiger partial charge in [-0.05, 0) is 22.3 Å². The van der Waals surface area contributed by atoms with Crippen molar-refractivity contribution in [3.63, 3.8) is 0 Å². The standard InChI is InChI=1S/C18H18O2/c1-12(11-20-13(2)19)18-16-9-5-3-7-14(16)15-8-4-6-10-17(15)18/h3-10,12,18H,11H2,1-2H3. The summed E-state index contributed by atoms with van der Waals surface area (Å²) in [6.07, 6.45) is 0. The minimum absolute atomic E-state index is 0.212. The van der Waals surface area contributed by atoms with E-state index in [1.807, 2.05) is 0 Å². The van der Waals surface area contributed by atoms with Crippen LogP contribution in [0.5, 0.6) is 0 Å². The number of rotatable bonds is 3. The van der Waals surface area contributed by atoms with Crippen molar-refractivity contribution in [2.45, 2.75) is 19.8 Å². The van der Waals surface area contributed by atoms with Gasteiger partial charge in [0.05, 0.1) is 6.61 Å². The number of fused-ring (bicyclic) bond motifs is 3. The Morgan fingerprint density at radius 3 is 2.05 bits per heavy atom. The third kappa shape index (κ3) is 2.11. The van der Waals surface area contributed by atoms with Crippen molar-refractivity contribution in [3.8, 4) is 11.1 Å². The maximum absolute atomic E-state index is 11.0. The molecule has 102 valence electrons. The predicted octanol–water partition coefficient (Wildman–Crippen LogP) is 4.00. The van der Waals surface area contributed by atoms with Crippen LogP contribution in [-0.4, -0.2) is 12.6 Å². The summed E-state index contributed by atoms with van der Waals surface area (Å²) in [4.78, 5) is 11.0. The molecule has 0 bridgehead atoms. The second kappa shape index (κ2) is 5.12. The zero-order valence-electron chi connectivity index (χ0n) is 11.8. The molecule has 1 aliphatic carbocycles. The third-order valence-electron chi connectivity index (χ3n) is 4.00. The maximum atomic E-state index is 11.0. The average Bonchev–Trinajstić information content (AvgIpc) is 2.79. The van der Waals surface area contributed by atoms with Crippen LogP contribution in [0.2, 0.25) is 0 Å². The van der Waals surface area contributed by atoms with E-state index >= 15 is 0 Å². The van der Waals surface area contributed by atoms with Crippen molar-refractivity contribution in [1.29, 1.82) is 0 Å². The van der Waals surface area contributed by atoms with Gasteiger partial charge in [-0.25, -0.2) is 0 Å². The van der Waals surface area contributed by atoms with Gasteiger partial charge >= 0.3 is 5.97 Å². The minimum Gasteiger partial charge on any atom is -0.466 e. The van der Waals surface area contributed by atoms with Crippen LogP contribution in [0.3, 0.4) is 0 Å². The van der Waals surface area contributed by atoms with Gasteiger partial charge in [0.25, 0.3) is 0 Å². The Bertz CT molecular complexity index is 600. The Balaban J connectivity index is 2.00. The summed E-state index contributed by atoms with van der Waals surface area (Å²) in [6.45, 7) is 4.07. The lowest BCUT2D eigenvalue weighted by atomic mass is 9.86. The first-order valence-corrected chi connectivity index (χ1v) is 7.00. The van der Waals surface area contributed by atoms with Crippen molar-refractivity contribution in [3.05, 3.63) is 59.7 Å². The highest BCUT2D eigenvalue weighted by Gasteiger charge is 2.32. The summed E-state index contributed by atoms with van der Waals surface area (Å²) >= 11 is 0. The number of carbonyl (C=O) groups excluding carboxylic acids is 1. The van der Waals surface area contributed by atoms with Gasteiger partial charge in [-0.3, -0.25) is 4.79 Å². The van der Waals surface area contributed by atoms with Crippen LogP contribution in [0.15, 0.2) is 48.5 Å². The van der Waals surface area contributed by atoms with E-state index in [4.69, 9.17) is 4.74 Å². The van der Waals surface area contributed by atoms with Crippen molar-refractivity contribution in [2.24, 2.45) is 5.92 Å². The zero-order chi connectivity index (χ0) is 14.1. The summed E-state index contributed by atoms with van der Waals surface area (Å²) in [7, 11) is 0. The highest BCUT2D eigenvalue weighted by molar-refractivity contribution is 5.78. The largest absolute Gasteiger partial charge is 0.466 e. The van der Waals surface area contributed by atoms with Crippen LogP contribution in [0, 0.1) is 5.92 Å². The summed E-state index contributed by atoms with van der Waals surface area (Å²) in [5, 5.41) is 0. The van der Waals surface area contributed by atoms with Crippen molar-refractivity contribution >= 4 is 5.97 Å². The molecule has 1 aliphatic rings. The molecule has 1 atom stereocenters. The molecular formula is C18H18O2. The van der Waals surface area contributed by atoms with E-state index in [0.29, 0.717) is 12.5 Å². The lowest BCUT2D eigenvalue weighted by molar-refractivity contribution is -0.142. The van der Waals surface area contributed by atoms with Gasteiger partial charge in [0, 0.05) is 18.8 Å². The molecule has 0 fully saturated rings. The maximum Gasteiger partial charge on any atom is 0.302 e. The number of hydrogen-bond donors (Lipinski definition) is 0. The Morgan fingerprint density at radius 1 is 1.05 bits per heavy atom. The molecular weight excluding hydrogens is 248 g/mol. The Hall–Kier alpha value is -2.09. The Morgan fingerprint density at radius 2 is 1.55 bits per heavy atom. The van der Waals surface area contributed by atoms with E-state index in [1.165, 1.54) is 29.2 Å². The fourth-order valence-electron chi connectivity index (χ4n) is 3.15. The number of ether oxygens (including phenoxy) is 1. The smallest absolute Gasteiger partial charge is 0.302 e. The predicted molar refractivity (Wildman–Crippen MR) is 79.5 cm³/mol. The van der Waals surface area contributed by atoms with Gasteiger partial charge in [0.1, 0.15) is 0 Å². The average molecular weight is 266 g/mol. The van der Waals surface area contributed by atoms with E-state index in [1.54, 1.807) is 0 Å². The first-order chi connectivity index (χ1) is 9.68. The highest BCUT2D eigenvalue weighted by atomic mass is 16.5. The molecule has 0 saturated heterocycles. The van der Waals surface area contributed by atoms with Crippen LogP contribution >= 0.6 is 0 Å². The van der Waals surface area contributed by atoms with E-state index in [-0.39, 0.29) is 11.9 Å². The minimum atomic E-state index is -0.212. The van der Waals surface area contributed by atoms with Gasteiger partial charge in [0.15, 0.2) is 0 Å². The van der Waals surface area contributed by atoms with Gasteiger partial charge in [0.2, 0.25) is 0 Å². The highest BCUT2D eigenvalue weighted by Crippen LogP contribution is 2.47. The third-order valence-corrected chi connectivity index (χ3v) is 4.00. The Kier molecular flexibility index (Phi) is 3.31. The topological polar surface area (TPSA) is 26.3 Å². The van der Waals surface area contributed by atoms with Gasteiger partial charge in [-0.1, -0.05) is 55.5 Å². The van der Waals surface area contributed by atoms with Gasteiger partial charge in [-0.2, -0.15) is 0 Å².